The molecule has 4 heterocycles. The molecule has 0 aliphatic rings. The maximum atomic E-state index is 7.55. The molecular formula is C36H33ClN6O2Si. The summed E-state index contributed by atoms with van der Waals surface area (Å²) in [7, 11) is -1.16. The molecule has 0 aliphatic heterocycles. The molecule has 0 fully saturated rings. The molecule has 230 valence electrons. The Balaban J connectivity index is 1.38. The van der Waals surface area contributed by atoms with Crippen LogP contribution in [-0.4, -0.2) is 38.3 Å². The highest BCUT2D eigenvalue weighted by atomic mass is 35.5. The van der Waals surface area contributed by atoms with Gasteiger partial charge >= 0.3 is 0 Å². The van der Waals surface area contributed by atoms with E-state index in [2.05, 4.69) is 101 Å². The number of nitrogens with one attached hydrogen (secondary N) is 1. The van der Waals surface area contributed by atoms with E-state index in [1.54, 1.807) is 4.68 Å². The molecule has 1 unspecified atom stereocenters. The molecule has 10 heteroatoms. The molecule has 7 aromatic rings. The Labute approximate surface area is 273 Å². The number of H-pyrrole nitrogens is 1. The average Bonchev–Trinajstić information content (AvgIpc) is 3.82. The number of rotatable bonds is 8. The van der Waals surface area contributed by atoms with Gasteiger partial charge in [0.05, 0.1) is 11.8 Å². The molecule has 1 N–H and O–H groups in total. The third-order valence-corrected chi connectivity index (χ3v) is 13.7. The molecule has 46 heavy (non-hydrogen) atoms. The highest BCUT2D eigenvalue weighted by Crippen LogP contribution is 2.43. The first-order valence-corrected chi connectivity index (χ1v) is 17.4. The van der Waals surface area contributed by atoms with Crippen LogP contribution in [0.2, 0.25) is 10.1 Å². The van der Waals surface area contributed by atoms with Gasteiger partial charge in [-0.25, -0.2) is 4.98 Å². The molecule has 8 nitrogen and oxygen atoms in total. The van der Waals surface area contributed by atoms with Gasteiger partial charge in [-0.1, -0.05) is 111 Å². The van der Waals surface area contributed by atoms with Gasteiger partial charge in [0.2, 0.25) is 11.8 Å². The minimum absolute atomic E-state index is 0.288. The van der Waals surface area contributed by atoms with E-state index in [0.717, 1.165) is 38.0 Å². The van der Waals surface area contributed by atoms with Crippen LogP contribution in [0, 0.1) is 0 Å². The minimum atomic E-state index is -3.06. The highest BCUT2D eigenvalue weighted by molar-refractivity contribution is 6.99. The third kappa shape index (κ3) is 5.26. The summed E-state index contributed by atoms with van der Waals surface area (Å²) in [6.45, 7) is 6.71. The molecular weight excluding hydrogens is 612 g/mol. The molecule has 0 spiro atoms. The molecule has 0 aliphatic carbocycles. The Morgan fingerprint density at radius 3 is 2.17 bits per heavy atom. The number of pyridine rings is 1. The summed E-state index contributed by atoms with van der Waals surface area (Å²) in [5, 5.41) is 16.9. The smallest absolute Gasteiger partial charge is 0.262 e. The lowest BCUT2D eigenvalue weighted by Gasteiger charge is -2.44. The maximum Gasteiger partial charge on any atom is 0.262 e. The number of hydrogen-bond donors (Lipinski definition) is 1. The number of nitrogens with zero attached hydrogens (tertiary/aromatic N) is 5. The van der Waals surface area contributed by atoms with Crippen molar-refractivity contribution >= 4 is 41.3 Å². The van der Waals surface area contributed by atoms with Gasteiger partial charge in [0.1, 0.15) is 5.65 Å². The molecule has 3 aromatic carbocycles. The number of halogens is 1. The van der Waals surface area contributed by atoms with E-state index >= 15 is 0 Å². The number of aromatic amines is 1. The highest BCUT2D eigenvalue weighted by Gasteiger charge is 2.52. The normalized spacial score (nSPS) is 12.9. The molecule has 4 aromatic heterocycles. The Morgan fingerprint density at radius 2 is 1.54 bits per heavy atom. The SMILES string of the molecule is Cn1cc(-c2cnc3[nH]cc(-c4nnc(C(O[Si](c5ccccc5)(c5ccccc5)C(C)(C)C)c5ccccc5Cl)o4)c3c2)cn1. The van der Waals surface area contributed by atoms with Crippen molar-refractivity contribution < 1.29 is 8.84 Å². The van der Waals surface area contributed by atoms with Gasteiger partial charge in [-0.3, -0.25) is 4.68 Å². The first-order chi connectivity index (χ1) is 22.2. The summed E-state index contributed by atoms with van der Waals surface area (Å²) in [6, 6.07) is 30.7. The Morgan fingerprint density at radius 1 is 0.870 bits per heavy atom. The summed E-state index contributed by atoms with van der Waals surface area (Å²) in [6.07, 6.45) is 6.70. The van der Waals surface area contributed by atoms with Gasteiger partial charge in [-0.05, 0) is 27.5 Å². The Kier molecular flexibility index (Phi) is 7.68. The molecule has 0 saturated heterocycles. The Bertz CT molecular complexity index is 2080. The molecule has 0 radical (unpaired) electrons. The molecule has 7 rings (SSSR count). The zero-order chi connectivity index (χ0) is 31.9. The van der Waals surface area contributed by atoms with Crippen LogP contribution in [0.25, 0.3) is 33.6 Å². The van der Waals surface area contributed by atoms with Crippen molar-refractivity contribution in [3.63, 3.8) is 0 Å². The van der Waals surface area contributed by atoms with E-state index < -0.39 is 14.4 Å². The van der Waals surface area contributed by atoms with Crippen LogP contribution in [0.1, 0.15) is 38.3 Å². The number of aryl methyl sites for hydroxylation is 1. The number of hydrogen-bond acceptors (Lipinski definition) is 6. The monoisotopic (exact) mass is 644 g/mol. The van der Waals surface area contributed by atoms with Crippen LogP contribution in [0.5, 0.6) is 0 Å². The largest absolute Gasteiger partial charge is 0.417 e. The van der Waals surface area contributed by atoms with Crippen LogP contribution < -0.4 is 10.4 Å². The van der Waals surface area contributed by atoms with E-state index in [-0.39, 0.29) is 5.04 Å². The van der Waals surface area contributed by atoms with Crippen LogP contribution in [-0.2, 0) is 11.5 Å². The second kappa shape index (κ2) is 11.8. The van der Waals surface area contributed by atoms with Crippen molar-refractivity contribution in [1.82, 2.24) is 29.9 Å². The van der Waals surface area contributed by atoms with Gasteiger partial charge in [-0.2, -0.15) is 5.10 Å². The van der Waals surface area contributed by atoms with Gasteiger partial charge in [0, 0.05) is 52.7 Å². The van der Waals surface area contributed by atoms with E-state index in [1.807, 2.05) is 68.2 Å². The molecule has 0 bridgehead atoms. The predicted octanol–water partition coefficient (Wildman–Crippen LogP) is 7.33. The van der Waals surface area contributed by atoms with Crippen LogP contribution >= 0.6 is 11.6 Å². The predicted molar refractivity (Wildman–Crippen MR) is 184 cm³/mol. The zero-order valence-electron chi connectivity index (χ0n) is 26.0. The topological polar surface area (TPSA) is 94.7 Å². The summed E-state index contributed by atoms with van der Waals surface area (Å²) in [4.78, 5) is 7.88. The quantitative estimate of drug-likeness (QED) is 0.174. The number of fused-ring (bicyclic) bond motifs is 1. The summed E-state index contributed by atoms with van der Waals surface area (Å²) >= 11 is 6.89. The van der Waals surface area contributed by atoms with Gasteiger partial charge in [-0.15, -0.1) is 10.2 Å². The van der Waals surface area contributed by atoms with Gasteiger partial charge < -0.3 is 13.8 Å². The van der Waals surface area contributed by atoms with Gasteiger partial charge in [0.15, 0.2) is 6.10 Å². The van der Waals surface area contributed by atoms with E-state index in [4.69, 9.17) is 20.4 Å². The number of aromatic nitrogens is 6. The van der Waals surface area contributed by atoms with E-state index in [9.17, 15) is 0 Å². The van der Waals surface area contributed by atoms with Crippen molar-refractivity contribution in [3.8, 4) is 22.6 Å². The summed E-state index contributed by atoms with van der Waals surface area (Å²) < 4.78 is 15.9. The first kappa shape index (κ1) is 29.9. The van der Waals surface area contributed by atoms with Gasteiger partial charge in [0.25, 0.3) is 8.32 Å². The van der Waals surface area contributed by atoms with Crippen molar-refractivity contribution in [1.29, 1.82) is 0 Å². The second-order valence-corrected chi connectivity index (χ2v) is 17.0. The lowest BCUT2D eigenvalue weighted by atomic mass is 10.1. The third-order valence-electron chi connectivity index (χ3n) is 8.36. The molecule has 0 amide bonds. The number of benzene rings is 3. The van der Waals surface area contributed by atoms with Crippen LogP contribution in [0.15, 0.2) is 120 Å². The van der Waals surface area contributed by atoms with Crippen molar-refractivity contribution in [2.45, 2.75) is 31.9 Å². The van der Waals surface area contributed by atoms with E-state index in [1.165, 1.54) is 0 Å². The van der Waals surface area contributed by atoms with Crippen molar-refractivity contribution in [2.24, 2.45) is 7.05 Å². The fourth-order valence-corrected chi connectivity index (χ4v) is 11.0. The molecule has 0 saturated carbocycles. The lowest BCUT2D eigenvalue weighted by Crippen LogP contribution is -2.67. The standard InChI is InChI=1S/C36H33ClN6O2Si/c1-36(2,3)46(26-13-7-5-8-14-26,27-15-9-6-10-16-27)45-32(28-17-11-12-18-31(28)37)35-42-41-34(44-35)30-22-39-33-29(30)19-24(20-38-33)25-21-40-43(4)23-25/h5-23,32H,1-4H3,(H,38,39). The van der Waals surface area contributed by atoms with Crippen molar-refractivity contribution in [3.05, 3.63) is 132 Å². The molecule has 1 atom stereocenters. The zero-order valence-corrected chi connectivity index (χ0v) is 27.7. The van der Waals surface area contributed by atoms with Crippen LogP contribution in [0.4, 0.5) is 0 Å². The lowest BCUT2D eigenvalue weighted by molar-refractivity contribution is 0.195. The fraction of sp³-hybridized carbons (Fsp3) is 0.167. The minimum Gasteiger partial charge on any atom is -0.417 e. The van der Waals surface area contributed by atoms with E-state index in [0.29, 0.717) is 22.5 Å². The Hall–Kier alpha value is -4.83. The van der Waals surface area contributed by atoms with Crippen molar-refractivity contribution in [2.75, 3.05) is 0 Å². The second-order valence-electron chi connectivity index (χ2n) is 12.4. The fourth-order valence-electron chi connectivity index (χ4n) is 6.16. The summed E-state index contributed by atoms with van der Waals surface area (Å²) in [5.41, 5.74) is 4.12. The first-order valence-electron chi connectivity index (χ1n) is 15.1. The summed E-state index contributed by atoms with van der Waals surface area (Å²) in [5.74, 6) is 0.677. The van der Waals surface area contributed by atoms with Crippen LogP contribution in [0.3, 0.4) is 0 Å². The average molecular weight is 645 g/mol. The maximum absolute atomic E-state index is 7.55.